The molecule has 0 amide bonds. The van der Waals surface area contributed by atoms with E-state index in [-0.39, 0.29) is 0 Å². The highest BCUT2D eigenvalue weighted by molar-refractivity contribution is 7.83. The number of carbonyl (C=O) groups excluding carboxylic acids is 2. The van der Waals surface area contributed by atoms with Gasteiger partial charge in [-0.1, -0.05) is 0 Å². The van der Waals surface area contributed by atoms with Gasteiger partial charge in [-0.05, 0) is 0 Å². The molecular weight excluding hydrogens is 638 g/mol. The monoisotopic (exact) mass is 661 g/mol. The fourth-order valence-electron chi connectivity index (χ4n) is 3.48. The molecule has 2 heterocycles. The molecule has 0 bridgehead atoms. The summed E-state index contributed by atoms with van der Waals surface area (Å²) >= 11 is 0. The molecule has 0 aromatic rings. The lowest BCUT2D eigenvalue weighted by Crippen LogP contribution is -2.66. The van der Waals surface area contributed by atoms with Gasteiger partial charge in [-0.3, -0.25) is 23.2 Å². The Kier molecular flexibility index (Phi) is 11.1. The average Bonchev–Trinajstić information content (AvgIpc) is 2.75. The van der Waals surface area contributed by atoms with Crippen LogP contribution in [-0.2, 0) is 77.5 Å². The van der Waals surface area contributed by atoms with E-state index in [2.05, 4.69) is 8.37 Å². The van der Waals surface area contributed by atoms with Crippen LogP contribution in [-0.4, -0.2) is 123 Å². The van der Waals surface area contributed by atoms with Crippen molar-refractivity contribution in [1.29, 1.82) is 0 Å². The minimum absolute atomic E-state index is 0.533. The molecule has 2 rings (SSSR count). The van der Waals surface area contributed by atoms with Crippen LogP contribution in [0.4, 0.5) is 0 Å². The number of ether oxygens (including phenoxy) is 5. The molecule has 41 heavy (non-hydrogen) atoms. The van der Waals surface area contributed by atoms with Crippen molar-refractivity contribution in [3.05, 3.63) is 11.8 Å². The molecule has 1 fully saturated rings. The van der Waals surface area contributed by atoms with Crippen molar-refractivity contribution in [2.45, 2.75) is 63.0 Å². The van der Waals surface area contributed by atoms with Crippen molar-refractivity contribution in [3.8, 4) is 0 Å². The van der Waals surface area contributed by atoms with Crippen LogP contribution in [0.2, 0.25) is 0 Å². The van der Waals surface area contributed by atoms with Crippen molar-refractivity contribution in [2.24, 2.45) is 0 Å². The zero-order chi connectivity index (χ0) is 31.5. The Morgan fingerprint density at radius 1 is 0.927 bits per heavy atom. The van der Waals surface area contributed by atoms with Gasteiger partial charge in [0.2, 0.25) is 18.3 Å². The molecule has 0 aromatic heterocycles. The summed E-state index contributed by atoms with van der Waals surface area (Å²) in [5, 5.41) is 20.3. The largest absolute Gasteiger partial charge is 0.475 e. The van der Waals surface area contributed by atoms with Gasteiger partial charge in [0.05, 0.1) is 6.61 Å². The maximum atomic E-state index is 11.6. The van der Waals surface area contributed by atoms with E-state index in [0.29, 0.717) is 6.08 Å². The Bertz CT molecular complexity index is 1350. The van der Waals surface area contributed by atoms with Crippen molar-refractivity contribution in [3.63, 3.8) is 0 Å². The first-order valence-electron chi connectivity index (χ1n) is 10.5. The third-order valence-electron chi connectivity index (χ3n) is 4.81. The third-order valence-corrected chi connectivity index (χ3v) is 6.28. The number of esters is 2. The number of nitrogens with one attached hydrogen (secondary N) is 1. The Balaban J connectivity index is 2.60. The topological polar surface area (TPSA) is 331 Å². The number of hydrogen-bond donors (Lipinski definition) is 6. The molecule has 0 unspecified atom stereocenters. The van der Waals surface area contributed by atoms with Crippen LogP contribution in [0.3, 0.4) is 0 Å². The summed E-state index contributed by atoms with van der Waals surface area (Å²) in [7, 11) is -15.9. The summed E-state index contributed by atoms with van der Waals surface area (Å²) in [5.41, 5.74) is 0. The second-order valence-corrected chi connectivity index (χ2v) is 11.3. The third kappa shape index (κ3) is 11.0. The standard InChI is InChI=1S/C16H23NO21S3/c1-5(18)33-7-3-8(14(21)22)35-16(13(7)38-41(29,30)31)37-12-9(4-32-40(26,27)28)36-15(34-6(2)19)10(11(12)20)17-39(23,24)25/h3,7,9-13,15-17,20H,4H2,1-2H3,(H,21,22)(H,23,24,25)(H,26,27,28)(H,29,30,31)/t7-,9+,10+,11+,12+,13+,15-,16-/m0/s1. The molecule has 0 aliphatic carbocycles. The van der Waals surface area contributed by atoms with Crippen LogP contribution in [0.5, 0.6) is 0 Å². The van der Waals surface area contributed by atoms with E-state index in [0.717, 1.165) is 13.8 Å². The Labute approximate surface area is 230 Å². The number of aliphatic hydroxyl groups excluding tert-OH is 1. The van der Waals surface area contributed by atoms with Gasteiger partial charge in [-0.15, -0.1) is 0 Å². The van der Waals surface area contributed by atoms with Crippen LogP contribution in [0, 0.1) is 0 Å². The number of carboxylic acids is 1. The van der Waals surface area contributed by atoms with E-state index < -0.39 is 111 Å². The average molecular weight is 662 g/mol. The van der Waals surface area contributed by atoms with Gasteiger partial charge < -0.3 is 33.9 Å². The number of carbonyl (C=O) groups is 3. The minimum Gasteiger partial charge on any atom is -0.475 e. The zero-order valence-corrected chi connectivity index (χ0v) is 22.8. The highest BCUT2D eigenvalue weighted by Gasteiger charge is 2.53. The van der Waals surface area contributed by atoms with Crippen molar-refractivity contribution >= 4 is 49.0 Å². The highest BCUT2D eigenvalue weighted by Crippen LogP contribution is 2.32. The number of carboxylic acid groups (broad SMARTS) is 1. The normalized spacial score (nSPS) is 30.9. The lowest BCUT2D eigenvalue weighted by Gasteiger charge is -2.45. The number of aliphatic hydroxyl groups is 1. The molecular formula is C16H23NO21S3. The Morgan fingerprint density at radius 3 is 1.98 bits per heavy atom. The van der Waals surface area contributed by atoms with Gasteiger partial charge in [0, 0.05) is 19.9 Å². The summed E-state index contributed by atoms with van der Waals surface area (Å²) in [6.07, 6.45) is -15.0. The molecule has 0 saturated carbocycles. The molecule has 6 N–H and O–H groups in total. The van der Waals surface area contributed by atoms with Gasteiger partial charge in [0.15, 0.2) is 12.2 Å². The molecule has 25 heteroatoms. The summed E-state index contributed by atoms with van der Waals surface area (Å²) in [4.78, 5) is 34.6. The van der Waals surface area contributed by atoms with Crippen molar-refractivity contribution < 1.29 is 95.6 Å². The molecule has 0 radical (unpaired) electrons. The summed E-state index contributed by atoms with van der Waals surface area (Å²) in [5.74, 6) is -5.22. The number of rotatable bonds is 12. The van der Waals surface area contributed by atoms with Crippen molar-refractivity contribution in [2.75, 3.05) is 6.61 Å². The van der Waals surface area contributed by atoms with Gasteiger partial charge in [-0.25, -0.2) is 13.2 Å². The number of hydrogen-bond acceptors (Lipinski definition) is 17. The minimum atomic E-state index is -5.46. The van der Waals surface area contributed by atoms with Crippen LogP contribution < -0.4 is 4.72 Å². The maximum absolute atomic E-state index is 11.6. The molecule has 0 spiro atoms. The predicted octanol–water partition coefficient (Wildman–Crippen LogP) is -3.95. The fourth-order valence-corrected chi connectivity index (χ4v) is 4.86. The molecule has 8 atom stereocenters. The first-order chi connectivity index (χ1) is 18.6. The first kappa shape index (κ1) is 34.6. The van der Waals surface area contributed by atoms with Crippen LogP contribution in [0.1, 0.15) is 13.8 Å². The van der Waals surface area contributed by atoms with E-state index in [9.17, 15) is 59.0 Å². The Morgan fingerprint density at radius 2 is 1.51 bits per heavy atom. The van der Waals surface area contributed by atoms with Gasteiger partial charge in [0.1, 0.15) is 24.4 Å². The SMILES string of the molecule is CC(=O)O[C@H]1O[C@H](COS(=O)(=O)O)[C@@H](O[C@@H]2OC(C(=O)O)=C[C@H](OC(C)=O)[C@H]2OS(=O)(=O)O)[C@H](O)[C@H]1NS(=O)(=O)O. The van der Waals surface area contributed by atoms with E-state index in [1.807, 2.05) is 0 Å². The molecule has 22 nitrogen and oxygen atoms in total. The van der Waals surface area contributed by atoms with E-state index in [1.165, 1.54) is 4.72 Å². The van der Waals surface area contributed by atoms with E-state index in [1.54, 1.807) is 0 Å². The van der Waals surface area contributed by atoms with E-state index in [4.69, 9.17) is 28.2 Å². The summed E-state index contributed by atoms with van der Waals surface area (Å²) in [6, 6.07) is -2.18. The molecule has 236 valence electrons. The highest BCUT2D eigenvalue weighted by atomic mass is 32.3. The summed E-state index contributed by atoms with van der Waals surface area (Å²) in [6.45, 7) is 0.309. The maximum Gasteiger partial charge on any atom is 0.397 e. The Hall–Kier alpha value is -2.56. The zero-order valence-electron chi connectivity index (χ0n) is 20.4. The second kappa shape index (κ2) is 13.2. The van der Waals surface area contributed by atoms with Gasteiger partial charge in [0.25, 0.3) is 0 Å². The second-order valence-electron chi connectivity index (χ2n) is 7.96. The summed E-state index contributed by atoms with van der Waals surface area (Å²) < 4.78 is 131. The van der Waals surface area contributed by atoms with Gasteiger partial charge >= 0.3 is 49.0 Å². The lowest BCUT2D eigenvalue weighted by molar-refractivity contribution is -0.305. The smallest absolute Gasteiger partial charge is 0.397 e. The quantitative estimate of drug-likeness (QED) is 0.0858. The van der Waals surface area contributed by atoms with E-state index >= 15 is 0 Å². The van der Waals surface area contributed by atoms with Crippen molar-refractivity contribution in [1.82, 2.24) is 4.72 Å². The molecule has 0 aromatic carbocycles. The van der Waals surface area contributed by atoms with Crippen LogP contribution in [0.25, 0.3) is 0 Å². The predicted molar refractivity (Wildman–Crippen MR) is 120 cm³/mol. The molecule has 1 saturated heterocycles. The molecule has 2 aliphatic heterocycles. The fraction of sp³-hybridized carbons (Fsp3) is 0.688. The van der Waals surface area contributed by atoms with Crippen LogP contribution in [0.15, 0.2) is 11.8 Å². The van der Waals surface area contributed by atoms with Gasteiger partial charge in [-0.2, -0.15) is 30.0 Å². The van der Waals surface area contributed by atoms with Crippen LogP contribution >= 0.6 is 0 Å². The molecule has 2 aliphatic rings. The number of aliphatic carboxylic acids is 1. The lowest BCUT2D eigenvalue weighted by atomic mass is 9.97. The first-order valence-corrected chi connectivity index (χ1v) is 14.7.